The molecular formula is C27H31BrClN3O3. The van der Waals surface area contributed by atoms with Gasteiger partial charge in [-0.1, -0.05) is 24.1 Å². The molecule has 2 aromatic rings. The van der Waals surface area contributed by atoms with Crippen molar-refractivity contribution in [3.63, 3.8) is 0 Å². The van der Waals surface area contributed by atoms with Gasteiger partial charge in [0.25, 0.3) is 0 Å². The van der Waals surface area contributed by atoms with E-state index in [0.29, 0.717) is 19.6 Å². The van der Waals surface area contributed by atoms with Gasteiger partial charge in [0.2, 0.25) is 0 Å². The van der Waals surface area contributed by atoms with Crippen molar-refractivity contribution in [3.05, 3.63) is 62.3 Å². The van der Waals surface area contributed by atoms with Gasteiger partial charge in [-0.2, -0.15) is 0 Å². The highest BCUT2D eigenvalue weighted by Gasteiger charge is 2.40. The number of pyridine rings is 1. The van der Waals surface area contributed by atoms with E-state index in [-0.39, 0.29) is 24.0 Å². The van der Waals surface area contributed by atoms with Gasteiger partial charge in [-0.25, -0.2) is 4.79 Å². The Kier molecular flexibility index (Phi) is 7.47. The molecular weight excluding hydrogens is 530 g/mol. The van der Waals surface area contributed by atoms with Crippen LogP contribution in [0.3, 0.4) is 0 Å². The Morgan fingerprint density at radius 1 is 1.09 bits per heavy atom. The standard InChI is InChI=1S/C27H31BrClN3O3/c1-17(33)24-16-31(11-12-32(24)27(34)35-22-5-3-2-4-6-22)26-23-10-9-21(29)14-18(23)7-8-19-13-20(28)15-30-25(19)26/h9-10,13-15,22,24,26H,2-8,11-12,16H2,1H3/t24-,26?/m1/s1. The number of carbonyl (C=O) groups excluding carboxylic acids is 2. The lowest BCUT2D eigenvalue weighted by Gasteiger charge is -2.43. The van der Waals surface area contributed by atoms with Crippen molar-refractivity contribution in [1.82, 2.24) is 14.8 Å². The first-order chi connectivity index (χ1) is 16.9. The molecule has 1 saturated carbocycles. The summed E-state index contributed by atoms with van der Waals surface area (Å²) in [6.07, 6.45) is 8.41. The van der Waals surface area contributed by atoms with Crippen molar-refractivity contribution >= 4 is 39.4 Å². The fourth-order valence-corrected chi connectivity index (χ4v) is 6.35. The maximum absolute atomic E-state index is 13.1. The predicted octanol–water partition coefficient (Wildman–Crippen LogP) is 5.73. The number of carbonyl (C=O) groups is 2. The van der Waals surface area contributed by atoms with Crippen LogP contribution in [0.4, 0.5) is 4.79 Å². The molecule has 2 fully saturated rings. The average molecular weight is 561 g/mol. The molecule has 2 heterocycles. The summed E-state index contributed by atoms with van der Waals surface area (Å²) in [5.74, 6) is -0.0239. The average Bonchev–Trinajstić information content (AvgIpc) is 3.00. The first-order valence-corrected chi connectivity index (χ1v) is 13.7. The fraction of sp³-hybridized carbons (Fsp3) is 0.519. The molecule has 1 aliphatic heterocycles. The Hall–Kier alpha value is -1.96. The molecule has 186 valence electrons. The normalized spacial score (nSPS) is 23.2. The van der Waals surface area contributed by atoms with E-state index in [2.05, 4.69) is 33.0 Å². The number of fused-ring (bicyclic) bond motifs is 2. The number of nitrogens with zero attached hydrogens (tertiary/aromatic N) is 3. The number of halogens is 2. The summed E-state index contributed by atoms with van der Waals surface area (Å²) in [4.78, 5) is 34.6. The lowest BCUT2D eigenvalue weighted by molar-refractivity contribution is -0.124. The summed E-state index contributed by atoms with van der Waals surface area (Å²) in [5.41, 5.74) is 4.57. The number of Topliss-reactive ketones (excluding diaryl/α,β-unsaturated/α-hetero) is 1. The predicted molar refractivity (Wildman–Crippen MR) is 139 cm³/mol. The van der Waals surface area contributed by atoms with Gasteiger partial charge in [0, 0.05) is 35.3 Å². The number of ether oxygens (including phenoxy) is 1. The molecule has 1 amide bonds. The summed E-state index contributed by atoms with van der Waals surface area (Å²) >= 11 is 9.93. The van der Waals surface area contributed by atoms with Gasteiger partial charge in [0.15, 0.2) is 5.78 Å². The SMILES string of the molecule is CC(=O)[C@H]1CN(C2c3ccc(Cl)cc3CCc3cc(Br)cnc32)CCN1C(=O)OC1CCCCC1. The molecule has 2 aliphatic carbocycles. The number of ketones is 1. The number of piperazine rings is 1. The van der Waals surface area contributed by atoms with E-state index in [1.165, 1.54) is 23.1 Å². The van der Waals surface area contributed by atoms with Crippen LogP contribution in [0.25, 0.3) is 0 Å². The smallest absolute Gasteiger partial charge is 0.410 e. The third-order valence-corrected chi connectivity index (χ3v) is 8.26. The molecule has 0 N–H and O–H groups in total. The third kappa shape index (κ3) is 5.27. The van der Waals surface area contributed by atoms with Crippen LogP contribution in [0.1, 0.15) is 67.5 Å². The van der Waals surface area contributed by atoms with Crippen LogP contribution in [0.5, 0.6) is 0 Å². The van der Waals surface area contributed by atoms with Gasteiger partial charge >= 0.3 is 6.09 Å². The second-order valence-corrected chi connectivity index (χ2v) is 11.3. The van der Waals surface area contributed by atoms with Crippen molar-refractivity contribution in [3.8, 4) is 0 Å². The monoisotopic (exact) mass is 559 g/mol. The zero-order valence-corrected chi connectivity index (χ0v) is 22.4. The molecule has 1 saturated heterocycles. The van der Waals surface area contributed by atoms with Crippen LogP contribution in [0, 0.1) is 0 Å². The number of benzene rings is 1. The van der Waals surface area contributed by atoms with Crippen molar-refractivity contribution in [1.29, 1.82) is 0 Å². The highest BCUT2D eigenvalue weighted by Crippen LogP contribution is 2.38. The molecule has 0 radical (unpaired) electrons. The molecule has 1 unspecified atom stereocenters. The summed E-state index contributed by atoms with van der Waals surface area (Å²) < 4.78 is 6.79. The van der Waals surface area contributed by atoms with Crippen molar-refractivity contribution in [2.75, 3.05) is 19.6 Å². The number of rotatable bonds is 3. The van der Waals surface area contributed by atoms with Gasteiger partial charge in [-0.15, -0.1) is 0 Å². The molecule has 1 aromatic heterocycles. The highest BCUT2D eigenvalue weighted by atomic mass is 79.9. The van der Waals surface area contributed by atoms with Crippen molar-refractivity contribution in [2.45, 2.75) is 70.1 Å². The second-order valence-electron chi connectivity index (χ2n) is 9.90. The molecule has 5 rings (SSSR count). The molecule has 8 heteroatoms. The van der Waals surface area contributed by atoms with Crippen molar-refractivity contribution in [2.24, 2.45) is 0 Å². The highest BCUT2D eigenvalue weighted by molar-refractivity contribution is 9.10. The van der Waals surface area contributed by atoms with Crippen LogP contribution in [-0.4, -0.2) is 58.4 Å². The zero-order valence-electron chi connectivity index (χ0n) is 20.0. The lowest BCUT2D eigenvalue weighted by atomic mass is 9.95. The van der Waals surface area contributed by atoms with Gasteiger partial charge in [0.1, 0.15) is 12.1 Å². The summed E-state index contributed by atoms with van der Waals surface area (Å²) in [6.45, 7) is 3.09. The summed E-state index contributed by atoms with van der Waals surface area (Å²) in [7, 11) is 0. The van der Waals surface area contributed by atoms with E-state index >= 15 is 0 Å². The molecule has 1 aromatic carbocycles. The van der Waals surface area contributed by atoms with Gasteiger partial charge in [0.05, 0.1) is 11.7 Å². The first kappa shape index (κ1) is 24.7. The van der Waals surface area contributed by atoms with E-state index in [4.69, 9.17) is 21.3 Å². The van der Waals surface area contributed by atoms with E-state index in [1.54, 1.807) is 11.8 Å². The van der Waals surface area contributed by atoms with Crippen LogP contribution < -0.4 is 0 Å². The molecule has 0 spiro atoms. The number of hydrogen-bond acceptors (Lipinski definition) is 5. The van der Waals surface area contributed by atoms with Crippen LogP contribution in [0.15, 0.2) is 34.9 Å². The third-order valence-electron chi connectivity index (χ3n) is 7.59. The molecule has 6 nitrogen and oxygen atoms in total. The number of aromatic nitrogens is 1. The largest absolute Gasteiger partial charge is 0.446 e. The maximum Gasteiger partial charge on any atom is 0.410 e. The minimum atomic E-state index is -0.544. The topological polar surface area (TPSA) is 62.7 Å². The van der Waals surface area contributed by atoms with Gasteiger partial charge in [-0.3, -0.25) is 19.6 Å². The second kappa shape index (κ2) is 10.6. The van der Waals surface area contributed by atoms with E-state index in [1.807, 2.05) is 18.3 Å². The number of amides is 1. The summed E-state index contributed by atoms with van der Waals surface area (Å²) in [5, 5.41) is 0.722. The molecule has 35 heavy (non-hydrogen) atoms. The van der Waals surface area contributed by atoms with Crippen molar-refractivity contribution < 1.29 is 14.3 Å². The number of hydrogen-bond donors (Lipinski definition) is 0. The van der Waals surface area contributed by atoms with Gasteiger partial charge in [-0.05, 0) is 96.3 Å². The minimum Gasteiger partial charge on any atom is -0.446 e. The van der Waals surface area contributed by atoms with E-state index in [9.17, 15) is 9.59 Å². The Bertz CT molecular complexity index is 1070. The van der Waals surface area contributed by atoms with E-state index < -0.39 is 6.04 Å². The molecule has 2 atom stereocenters. The Morgan fingerprint density at radius 2 is 1.86 bits per heavy atom. The molecule has 3 aliphatic rings. The minimum absolute atomic E-state index is 0.0239. The van der Waals surface area contributed by atoms with E-state index in [0.717, 1.165) is 53.7 Å². The van der Waals surface area contributed by atoms with Crippen LogP contribution in [0.2, 0.25) is 5.02 Å². The Labute approximate surface area is 220 Å². The van der Waals surface area contributed by atoms with Gasteiger partial charge < -0.3 is 4.74 Å². The van der Waals surface area contributed by atoms with Crippen LogP contribution in [-0.2, 0) is 22.4 Å². The number of aryl methyl sites for hydroxylation is 2. The van der Waals surface area contributed by atoms with Crippen LogP contribution >= 0.6 is 27.5 Å². The Balaban J connectivity index is 1.44. The Morgan fingerprint density at radius 3 is 2.63 bits per heavy atom. The lowest BCUT2D eigenvalue weighted by Crippen LogP contribution is -2.59. The summed E-state index contributed by atoms with van der Waals surface area (Å²) in [6, 6.07) is 7.56. The molecule has 0 bridgehead atoms. The quantitative estimate of drug-likeness (QED) is 0.480. The fourth-order valence-electron chi connectivity index (χ4n) is 5.78. The zero-order chi connectivity index (χ0) is 24.5. The first-order valence-electron chi connectivity index (χ1n) is 12.5. The maximum atomic E-state index is 13.1.